The van der Waals surface area contributed by atoms with Crippen molar-refractivity contribution in [2.45, 2.75) is 6.54 Å². The lowest BCUT2D eigenvalue weighted by Gasteiger charge is -2.05. The highest BCUT2D eigenvalue weighted by molar-refractivity contribution is 14.1. The van der Waals surface area contributed by atoms with Crippen LogP contribution >= 0.6 is 22.6 Å². The van der Waals surface area contributed by atoms with Crippen LogP contribution in [0.5, 0.6) is 0 Å². The maximum atomic E-state index is 11.1. The average Bonchev–Trinajstić information content (AvgIpc) is 2.25. The molecule has 0 aliphatic rings. The summed E-state index contributed by atoms with van der Waals surface area (Å²) in [6.45, 7) is 0.000887. The topological polar surface area (TPSA) is 78.4 Å². The number of carbonyl (C=O) groups excluding carboxylic acids is 1. The number of aliphatic carboxylic acids is 1. The van der Waals surface area contributed by atoms with E-state index in [1.807, 2.05) is 24.3 Å². The van der Waals surface area contributed by atoms with Crippen molar-refractivity contribution in [3.63, 3.8) is 0 Å². The summed E-state index contributed by atoms with van der Waals surface area (Å²) in [5, 5.41) is 13.1. The summed E-state index contributed by atoms with van der Waals surface area (Å²) in [5.74, 6) is -1.07. The molecule has 3 N–H and O–H groups in total. The van der Waals surface area contributed by atoms with E-state index in [-0.39, 0.29) is 6.54 Å². The average molecular weight is 334 g/mol. The number of nitrogens with one attached hydrogen (secondary N) is 2. The molecule has 0 aliphatic heterocycles. The lowest BCUT2D eigenvalue weighted by molar-refractivity contribution is -0.135. The zero-order valence-electron chi connectivity index (χ0n) is 8.37. The smallest absolute Gasteiger partial charge is 0.323 e. The van der Waals surface area contributed by atoms with Crippen LogP contribution in [0, 0.1) is 3.57 Å². The molecule has 1 rings (SSSR count). The number of rotatable bonds is 4. The number of hydrogen-bond donors (Lipinski definition) is 3. The quantitative estimate of drug-likeness (QED) is 0.724. The minimum Gasteiger partial charge on any atom is -0.480 e. The first-order chi connectivity index (χ1) is 7.58. The Morgan fingerprint density at radius 2 is 1.81 bits per heavy atom. The Labute approximate surface area is 106 Å². The Morgan fingerprint density at radius 1 is 1.19 bits per heavy atom. The van der Waals surface area contributed by atoms with Crippen molar-refractivity contribution in [3.05, 3.63) is 33.4 Å². The molecule has 0 aliphatic carbocycles. The molecule has 0 bridgehead atoms. The van der Waals surface area contributed by atoms with Gasteiger partial charge in [0.1, 0.15) is 6.54 Å². The first-order valence-corrected chi connectivity index (χ1v) is 5.64. The molecule has 1 aromatic rings. The summed E-state index contributed by atoms with van der Waals surface area (Å²) in [6.07, 6.45) is 0. The van der Waals surface area contributed by atoms with Crippen molar-refractivity contribution in [2.24, 2.45) is 0 Å². The number of carbonyl (C=O) groups is 2. The number of hydrogen-bond acceptors (Lipinski definition) is 2. The van der Waals surface area contributed by atoms with Gasteiger partial charge in [0.05, 0.1) is 0 Å². The van der Waals surface area contributed by atoms with Crippen LogP contribution in [0.15, 0.2) is 24.3 Å². The van der Waals surface area contributed by atoms with Crippen LogP contribution in [-0.2, 0) is 11.3 Å². The highest BCUT2D eigenvalue weighted by atomic mass is 127. The van der Waals surface area contributed by atoms with Gasteiger partial charge in [-0.1, -0.05) is 12.1 Å². The van der Waals surface area contributed by atoms with E-state index in [1.54, 1.807) is 0 Å². The predicted molar refractivity (Wildman–Crippen MR) is 67.0 cm³/mol. The Morgan fingerprint density at radius 3 is 2.38 bits per heavy atom. The van der Waals surface area contributed by atoms with Crippen LogP contribution in [0.4, 0.5) is 4.79 Å². The molecule has 0 atom stereocenters. The van der Waals surface area contributed by atoms with Crippen LogP contribution < -0.4 is 10.6 Å². The number of amides is 2. The van der Waals surface area contributed by atoms with Crippen LogP contribution in [0.2, 0.25) is 0 Å². The van der Waals surface area contributed by atoms with Gasteiger partial charge in [0, 0.05) is 10.1 Å². The van der Waals surface area contributed by atoms with Gasteiger partial charge in [-0.05, 0) is 40.3 Å². The van der Waals surface area contributed by atoms with E-state index in [1.165, 1.54) is 0 Å². The van der Waals surface area contributed by atoms with Gasteiger partial charge in [0.15, 0.2) is 0 Å². The normalized spacial score (nSPS) is 9.56. The molecule has 6 heteroatoms. The minimum absolute atomic E-state index is 0.376. The fraction of sp³-hybridized carbons (Fsp3) is 0.200. The standard InChI is InChI=1S/C10H11IN2O3/c11-8-3-1-7(2-4-8)5-12-10(16)13-6-9(14)15/h1-4H,5-6H2,(H,14,15)(H2,12,13,16). The van der Waals surface area contributed by atoms with E-state index in [2.05, 4.69) is 33.2 Å². The van der Waals surface area contributed by atoms with Crippen molar-refractivity contribution in [3.8, 4) is 0 Å². The van der Waals surface area contributed by atoms with Crippen LogP contribution in [0.1, 0.15) is 5.56 Å². The van der Waals surface area contributed by atoms with Gasteiger partial charge in [-0.3, -0.25) is 4.79 Å². The summed E-state index contributed by atoms with van der Waals surface area (Å²) >= 11 is 2.19. The first-order valence-electron chi connectivity index (χ1n) is 4.56. The van der Waals surface area contributed by atoms with Crippen molar-refractivity contribution >= 4 is 34.6 Å². The van der Waals surface area contributed by atoms with Gasteiger partial charge < -0.3 is 15.7 Å². The van der Waals surface area contributed by atoms with E-state index in [9.17, 15) is 9.59 Å². The molecular formula is C10H11IN2O3. The second kappa shape index (κ2) is 6.31. The number of carboxylic acids is 1. The molecule has 86 valence electrons. The molecule has 1 aromatic carbocycles. The molecule has 16 heavy (non-hydrogen) atoms. The highest BCUT2D eigenvalue weighted by Crippen LogP contribution is 2.06. The molecule has 0 heterocycles. The molecule has 0 aromatic heterocycles. The molecule has 2 amide bonds. The SMILES string of the molecule is O=C(O)CNC(=O)NCc1ccc(I)cc1. The molecular weight excluding hydrogens is 323 g/mol. The summed E-state index contributed by atoms with van der Waals surface area (Å²) in [6, 6.07) is 7.19. The second-order valence-corrected chi connectivity index (χ2v) is 4.30. The lowest BCUT2D eigenvalue weighted by atomic mass is 10.2. The van der Waals surface area contributed by atoms with Gasteiger partial charge in [-0.15, -0.1) is 0 Å². The summed E-state index contributed by atoms with van der Waals surface area (Å²) in [7, 11) is 0. The lowest BCUT2D eigenvalue weighted by Crippen LogP contribution is -2.37. The third-order valence-corrected chi connectivity index (χ3v) is 2.49. The Hall–Kier alpha value is -1.31. The Kier molecular flexibility index (Phi) is 5.03. The van der Waals surface area contributed by atoms with Crippen LogP contribution in [0.25, 0.3) is 0 Å². The maximum Gasteiger partial charge on any atom is 0.323 e. The molecule has 0 saturated carbocycles. The van der Waals surface area contributed by atoms with E-state index in [0.717, 1.165) is 9.13 Å². The van der Waals surface area contributed by atoms with E-state index in [0.29, 0.717) is 6.54 Å². The minimum atomic E-state index is -1.07. The van der Waals surface area contributed by atoms with E-state index in [4.69, 9.17) is 5.11 Å². The molecule has 0 fully saturated rings. The van der Waals surface area contributed by atoms with Crippen molar-refractivity contribution in [2.75, 3.05) is 6.54 Å². The molecule has 0 radical (unpaired) electrons. The number of urea groups is 1. The van der Waals surface area contributed by atoms with Gasteiger partial charge >= 0.3 is 12.0 Å². The Balaban J connectivity index is 2.31. The third-order valence-electron chi connectivity index (χ3n) is 1.77. The predicted octanol–water partition coefficient (Wildman–Crippen LogP) is 1.17. The second-order valence-electron chi connectivity index (χ2n) is 3.06. The highest BCUT2D eigenvalue weighted by Gasteiger charge is 2.02. The fourth-order valence-corrected chi connectivity index (χ4v) is 1.36. The van der Waals surface area contributed by atoms with Crippen molar-refractivity contribution in [1.82, 2.24) is 10.6 Å². The Bertz CT molecular complexity index is 378. The number of halogens is 1. The zero-order chi connectivity index (χ0) is 12.0. The van der Waals surface area contributed by atoms with Crippen molar-refractivity contribution in [1.29, 1.82) is 0 Å². The molecule has 0 unspecified atom stereocenters. The molecule has 0 saturated heterocycles. The van der Waals surface area contributed by atoms with Crippen LogP contribution in [0.3, 0.4) is 0 Å². The monoisotopic (exact) mass is 334 g/mol. The van der Waals surface area contributed by atoms with Crippen molar-refractivity contribution < 1.29 is 14.7 Å². The largest absolute Gasteiger partial charge is 0.480 e. The first kappa shape index (κ1) is 12.8. The third kappa shape index (κ3) is 4.96. The molecule has 5 nitrogen and oxygen atoms in total. The van der Waals surface area contributed by atoms with Gasteiger partial charge in [0.25, 0.3) is 0 Å². The number of carboxylic acid groups (broad SMARTS) is 1. The van der Waals surface area contributed by atoms with Gasteiger partial charge in [-0.2, -0.15) is 0 Å². The van der Waals surface area contributed by atoms with E-state index >= 15 is 0 Å². The van der Waals surface area contributed by atoms with Crippen LogP contribution in [-0.4, -0.2) is 23.7 Å². The summed E-state index contributed by atoms with van der Waals surface area (Å²) < 4.78 is 1.12. The summed E-state index contributed by atoms with van der Waals surface area (Å²) in [4.78, 5) is 21.3. The van der Waals surface area contributed by atoms with Gasteiger partial charge in [-0.25, -0.2) is 4.79 Å². The number of benzene rings is 1. The fourth-order valence-electron chi connectivity index (χ4n) is 1.00. The zero-order valence-corrected chi connectivity index (χ0v) is 10.5. The maximum absolute atomic E-state index is 11.1. The van der Waals surface area contributed by atoms with E-state index < -0.39 is 12.0 Å². The summed E-state index contributed by atoms with van der Waals surface area (Å²) in [5.41, 5.74) is 0.964. The molecule has 0 spiro atoms. The van der Waals surface area contributed by atoms with Gasteiger partial charge in [0.2, 0.25) is 0 Å².